The number of benzene rings is 2. The summed E-state index contributed by atoms with van der Waals surface area (Å²) in [6.45, 7) is 0. The first-order valence-electron chi connectivity index (χ1n) is 5.95. The van der Waals surface area contributed by atoms with Gasteiger partial charge in [-0.3, -0.25) is 4.79 Å². The Balaban J connectivity index is 2.14. The van der Waals surface area contributed by atoms with E-state index in [1.54, 1.807) is 0 Å². The maximum absolute atomic E-state index is 11.6. The van der Waals surface area contributed by atoms with Crippen molar-refractivity contribution in [1.82, 2.24) is 0 Å². The van der Waals surface area contributed by atoms with E-state index in [-0.39, 0.29) is 5.78 Å². The van der Waals surface area contributed by atoms with Crippen LogP contribution in [0, 0.1) is 11.3 Å². The predicted octanol–water partition coefficient (Wildman–Crippen LogP) is 3.35. The SMILES string of the molecule is N#Cc1ccccc1-c1ccc2c(c1)CCC2=O. The lowest BCUT2D eigenvalue weighted by Gasteiger charge is -2.06. The summed E-state index contributed by atoms with van der Waals surface area (Å²) in [7, 11) is 0. The van der Waals surface area contributed by atoms with Crippen molar-refractivity contribution in [3.05, 3.63) is 59.2 Å². The molecule has 0 heterocycles. The molecule has 3 rings (SSSR count). The van der Waals surface area contributed by atoms with Crippen molar-refractivity contribution < 1.29 is 4.79 Å². The molecule has 2 aromatic carbocycles. The maximum atomic E-state index is 11.6. The standard InChI is InChI=1S/C16H11NO/c17-10-13-3-1-2-4-14(13)11-5-7-15-12(9-11)6-8-16(15)18/h1-5,7,9H,6,8H2. The van der Waals surface area contributed by atoms with Gasteiger partial charge in [-0.05, 0) is 29.2 Å². The molecule has 0 unspecified atom stereocenters. The van der Waals surface area contributed by atoms with Crippen LogP contribution in [-0.2, 0) is 6.42 Å². The van der Waals surface area contributed by atoms with Crippen LogP contribution in [-0.4, -0.2) is 5.78 Å². The number of Topliss-reactive ketones (excluding diaryl/α,β-unsaturated/α-hetero) is 1. The Bertz CT molecular complexity index is 680. The Morgan fingerprint density at radius 1 is 1.00 bits per heavy atom. The third kappa shape index (κ3) is 1.61. The summed E-state index contributed by atoms with van der Waals surface area (Å²) >= 11 is 0. The first-order chi connectivity index (χ1) is 8.79. The lowest BCUT2D eigenvalue weighted by molar-refractivity contribution is 0.0994. The zero-order valence-corrected chi connectivity index (χ0v) is 9.81. The summed E-state index contributed by atoms with van der Waals surface area (Å²) in [5, 5.41) is 9.11. The summed E-state index contributed by atoms with van der Waals surface area (Å²) in [6, 6.07) is 15.6. The highest BCUT2D eigenvalue weighted by molar-refractivity contribution is 6.01. The molecule has 0 N–H and O–H groups in total. The third-order valence-corrected chi connectivity index (χ3v) is 3.39. The van der Waals surface area contributed by atoms with Crippen LogP contribution in [0.5, 0.6) is 0 Å². The molecular weight excluding hydrogens is 222 g/mol. The molecule has 1 aliphatic rings. The fourth-order valence-corrected chi connectivity index (χ4v) is 2.46. The van der Waals surface area contributed by atoms with Crippen LogP contribution < -0.4 is 0 Å². The molecule has 2 heteroatoms. The fourth-order valence-electron chi connectivity index (χ4n) is 2.46. The molecule has 0 atom stereocenters. The minimum absolute atomic E-state index is 0.227. The quantitative estimate of drug-likeness (QED) is 0.757. The van der Waals surface area contributed by atoms with Gasteiger partial charge in [-0.15, -0.1) is 0 Å². The van der Waals surface area contributed by atoms with E-state index in [1.165, 1.54) is 0 Å². The topological polar surface area (TPSA) is 40.9 Å². The van der Waals surface area contributed by atoms with Gasteiger partial charge >= 0.3 is 0 Å². The molecule has 0 bridgehead atoms. The van der Waals surface area contributed by atoms with Gasteiger partial charge in [0.05, 0.1) is 11.6 Å². The highest BCUT2D eigenvalue weighted by Crippen LogP contribution is 2.29. The number of fused-ring (bicyclic) bond motifs is 1. The summed E-state index contributed by atoms with van der Waals surface area (Å²) in [5.41, 5.74) is 4.56. The van der Waals surface area contributed by atoms with Crippen molar-refractivity contribution in [1.29, 1.82) is 5.26 Å². The fraction of sp³-hybridized carbons (Fsp3) is 0.125. The van der Waals surface area contributed by atoms with E-state index < -0.39 is 0 Å². The van der Waals surface area contributed by atoms with Crippen LogP contribution in [0.15, 0.2) is 42.5 Å². The third-order valence-electron chi connectivity index (χ3n) is 3.39. The zero-order valence-electron chi connectivity index (χ0n) is 9.81. The van der Waals surface area contributed by atoms with Gasteiger partial charge in [0.2, 0.25) is 0 Å². The summed E-state index contributed by atoms with van der Waals surface area (Å²) in [4.78, 5) is 11.6. The summed E-state index contributed by atoms with van der Waals surface area (Å²) in [6.07, 6.45) is 1.43. The van der Waals surface area contributed by atoms with Gasteiger partial charge in [0.1, 0.15) is 0 Å². The van der Waals surface area contributed by atoms with Gasteiger partial charge in [0, 0.05) is 12.0 Å². The zero-order chi connectivity index (χ0) is 12.5. The van der Waals surface area contributed by atoms with Gasteiger partial charge in [0.25, 0.3) is 0 Å². The lowest BCUT2D eigenvalue weighted by Crippen LogP contribution is -1.91. The number of rotatable bonds is 1. The van der Waals surface area contributed by atoms with E-state index in [0.29, 0.717) is 12.0 Å². The van der Waals surface area contributed by atoms with Gasteiger partial charge in [0.15, 0.2) is 5.78 Å². The monoisotopic (exact) mass is 233 g/mol. The number of hydrogen-bond acceptors (Lipinski definition) is 2. The van der Waals surface area contributed by atoms with Crippen LogP contribution in [0.4, 0.5) is 0 Å². The molecule has 0 aromatic heterocycles. The first kappa shape index (κ1) is 10.7. The highest BCUT2D eigenvalue weighted by atomic mass is 16.1. The van der Waals surface area contributed by atoms with Crippen molar-refractivity contribution in [2.75, 3.05) is 0 Å². The van der Waals surface area contributed by atoms with E-state index in [2.05, 4.69) is 6.07 Å². The Labute approximate surface area is 105 Å². The second-order valence-corrected chi connectivity index (χ2v) is 4.45. The molecule has 0 saturated carbocycles. The molecule has 1 aliphatic carbocycles. The van der Waals surface area contributed by atoms with Gasteiger partial charge in [-0.25, -0.2) is 0 Å². The van der Waals surface area contributed by atoms with Crippen LogP contribution in [0.2, 0.25) is 0 Å². The minimum Gasteiger partial charge on any atom is -0.294 e. The van der Waals surface area contributed by atoms with E-state index >= 15 is 0 Å². The van der Waals surface area contributed by atoms with Crippen LogP contribution in [0.25, 0.3) is 11.1 Å². The normalized spacial score (nSPS) is 13.2. The number of ketones is 1. The Morgan fingerprint density at radius 2 is 1.83 bits per heavy atom. The molecule has 0 radical (unpaired) electrons. The minimum atomic E-state index is 0.227. The maximum Gasteiger partial charge on any atom is 0.163 e. The molecule has 0 aliphatic heterocycles. The molecule has 86 valence electrons. The number of hydrogen-bond donors (Lipinski definition) is 0. The van der Waals surface area contributed by atoms with E-state index in [4.69, 9.17) is 5.26 Å². The Hall–Kier alpha value is -2.40. The number of carbonyl (C=O) groups excluding carboxylic acids is 1. The molecular formula is C16H11NO. The molecule has 18 heavy (non-hydrogen) atoms. The second kappa shape index (κ2) is 4.12. The molecule has 0 spiro atoms. The van der Waals surface area contributed by atoms with Crippen molar-refractivity contribution in [3.63, 3.8) is 0 Å². The number of carbonyl (C=O) groups is 1. The van der Waals surface area contributed by atoms with Crippen LogP contribution >= 0.6 is 0 Å². The van der Waals surface area contributed by atoms with Crippen LogP contribution in [0.1, 0.15) is 27.9 Å². The second-order valence-electron chi connectivity index (χ2n) is 4.45. The number of nitriles is 1. The largest absolute Gasteiger partial charge is 0.294 e. The van der Waals surface area contributed by atoms with E-state index in [1.807, 2.05) is 42.5 Å². The van der Waals surface area contributed by atoms with Crippen molar-refractivity contribution in [2.45, 2.75) is 12.8 Å². The average Bonchev–Trinajstić information content (AvgIpc) is 2.80. The van der Waals surface area contributed by atoms with Crippen molar-refractivity contribution in [2.24, 2.45) is 0 Å². The van der Waals surface area contributed by atoms with Gasteiger partial charge < -0.3 is 0 Å². The lowest BCUT2D eigenvalue weighted by atomic mass is 9.97. The highest BCUT2D eigenvalue weighted by Gasteiger charge is 2.19. The Kier molecular flexibility index (Phi) is 2.46. The predicted molar refractivity (Wildman–Crippen MR) is 69.2 cm³/mol. The van der Waals surface area contributed by atoms with E-state index in [9.17, 15) is 4.79 Å². The smallest absolute Gasteiger partial charge is 0.163 e. The van der Waals surface area contributed by atoms with Crippen molar-refractivity contribution >= 4 is 5.78 Å². The molecule has 0 fully saturated rings. The average molecular weight is 233 g/mol. The number of aryl methyl sites for hydroxylation is 1. The molecule has 2 aromatic rings. The van der Waals surface area contributed by atoms with Gasteiger partial charge in [-0.2, -0.15) is 5.26 Å². The van der Waals surface area contributed by atoms with Crippen LogP contribution in [0.3, 0.4) is 0 Å². The molecule has 0 saturated heterocycles. The summed E-state index contributed by atoms with van der Waals surface area (Å²) < 4.78 is 0. The molecule has 0 amide bonds. The van der Waals surface area contributed by atoms with Crippen molar-refractivity contribution in [3.8, 4) is 17.2 Å². The van der Waals surface area contributed by atoms with E-state index in [0.717, 1.165) is 28.7 Å². The summed E-state index contributed by atoms with van der Waals surface area (Å²) in [5.74, 6) is 0.227. The molecule has 2 nitrogen and oxygen atoms in total. The number of nitrogens with zero attached hydrogens (tertiary/aromatic N) is 1. The first-order valence-corrected chi connectivity index (χ1v) is 5.95. The van der Waals surface area contributed by atoms with Gasteiger partial charge in [-0.1, -0.05) is 36.4 Å². The Morgan fingerprint density at radius 3 is 2.67 bits per heavy atom.